The van der Waals surface area contributed by atoms with Gasteiger partial charge in [0.2, 0.25) is 5.91 Å². The molecule has 0 unspecified atom stereocenters. The molecule has 1 heterocycles. The number of likely N-dealkylation sites (tertiary alicyclic amines) is 1. The summed E-state index contributed by atoms with van der Waals surface area (Å²) in [4.78, 5) is 51.5. The Morgan fingerprint density at radius 1 is 0.917 bits per heavy atom. The molecule has 3 aromatic rings. The van der Waals surface area contributed by atoms with E-state index in [0.29, 0.717) is 16.9 Å². The van der Waals surface area contributed by atoms with Gasteiger partial charge in [-0.1, -0.05) is 48.0 Å². The molecule has 7 nitrogen and oxygen atoms in total. The van der Waals surface area contributed by atoms with Crippen molar-refractivity contribution in [1.29, 1.82) is 0 Å². The smallest absolute Gasteiger partial charge is 0.343 e. The van der Waals surface area contributed by atoms with Crippen molar-refractivity contribution in [3.8, 4) is 5.75 Å². The van der Waals surface area contributed by atoms with Gasteiger partial charge in [0.15, 0.2) is 12.4 Å². The van der Waals surface area contributed by atoms with Gasteiger partial charge in [-0.05, 0) is 55.8 Å². The zero-order chi connectivity index (χ0) is 25.7. The highest BCUT2D eigenvalue weighted by Gasteiger charge is 2.38. The number of hydrogen-bond acceptors (Lipinski definition) is 6. The van der Waals surface area contributed by atoms with Crippen LogP contribution in [0.5, 0.6) is 5.75 Å². The molecule has 1 saturated heterocycles. The summed E-state index contributed by atoms with van der Waals surface area (Å²) in [6.07, 6.45) is 0.0608. The molecule has 4 rings (SSSR count). The second-order valence-electron chi connectivity index (χ2n) is 8.84. The van der Waals surface area contributed by atoms with Gasteiger partial charge in [-0.15, -0.1) is 0 Å². The van der Waals surface area contributed by atoms with Crippen molar-refractivity contribution >= 4 is 23.6 Å². The third kappa shape index (κ3) is 5.86. The van der Waals surface area contributed by atoms with Crippen LogP contribution in [-0.4, -0.2) is 41.7 Å². The lowest BCUT2D eigenvalue weighted by Crippen LogP contribution is -2.30. The number of carbonyl (C=O) groups excluding carboxylic acids is 4. The molecule has 0 radical (unpaired) electrons. The average Bonchev–Trinajstić information content (AvgIpc) is 3.29. The molecule has 36 heavy (non-hydrogen) atoms. The maximum atomic E-state index is 12.6. The summed E-state index contributed by atoms with van der Waals surface area (Å²) in [7, 11) is 0. The molecule has 0 saturated carbocycles. The molecule has 7 heteroatoms. The first-order chi connectivity index (χ1) is 17.3. The van der Waals surface area contributed by atoms with Crippen LogP contribution < -0.4 is 4.74 Å². The minimum absolute atomic E-state index is 0.0608. The van der Waals surface area contributed by atoms with Crippen molar-refractivity contribution in [1.82, 2.24) is 4.90 Å². The first-order valence-electron chi connectivity index (χ1n) is 11.7. The fraction of sp³-hybridized carbons (Fsp3) is 0.241. The Morgan fingerprint density at radius 3 is 2.22 bits per heavy atom. The maximum Gasteiger partial charge on any atom is 0.343 e. The van der Waals surface area contributed by atoms with Crippen LogP contribution in [0.15, 0.2) is 78.9 Å². The standard InChI is InChI=1S/C29H27NO6/c1-19-8-10-23(11-9-19)29(34)36-25-14-12-22(13-15-25)26(31)18-35-28(33)24-16-27(32)30(17-24)20(2)21-6-4-3-5-7-21/h3-15,20,24H,16-18H2,1-2H3/t20-,24-/m0/s1. The third-order valence-electron chi connectivity index (χ3n) is 6.26. The second-order valence-corrected chi connectivity index (χ2v) is 8.84. The number of carbonyl (C=O) groups is 4. The summed E-state index contributed by atoms with van der Waals surface area (Å²) in [5, 5.41) is 0. The minimum atomic E-state index is -0.611. The van der Waals surface area contributed by atoms with E-state index in [1.165, 1.54) is 24.3 Å². The highest BCUT2D eigenvalue weighted by Crippen LogP contribution is 2.29. The predicted octanol–water partition coefficient (Wildman–Crippen LogP) is 4.55. The molecule has 1 fully saturated rings. The Balaban J connectivity index is 1.28. The van der Waals surface area contributed by atoms with Crippen molar-refractivity contribution in [3.05, 3.63) is 101 Å². The van der Waals surface area contributed by atoms with E-state index in [4.69, 9.17) is 9.47 Å². The van der Waals surface area contributed by atoms with E-state index in [2.05, 4.69) is 0 Å². The van der Waals surface area contributed by atoms with E-state index in [0.717, 1.165) is 11.1 Å². The van der Waals surface area contributed by atoms with Crippen molar-refractivity contribution in [3.63, 3.8) is 0 Å². The summed E-state index contributed by atoms with van der Waals surface area (Å²) in [5.41, 5.74) is 2.77. The highest BCUT2D eigenvalue weighted by atomic mass is 16.5. The zero-order valence-corrected chi connectivity index (χ0v) is 20.2. The largest absolute Gasteiger partial charge is 0.457 e. The van der Waals surface area contributed by atoms with Crippen LogP contribution in [0.25, 0.3) is 0 Å². The van der Waals surface area contributed by atoms with E-state index in [9.17, 15) is 19.2 Å². The molecule has 0 spiro atoms. The lowest BCUT2D eigenvalue weighted by Gasteiger charge is -2.25. The molecule has 0 aliphatic carbocycles. The van der Waals surface area contributed by atoms with Gasteiger partial charge in [0, 0.05) is 18.5 Å². The SMILES string of the molecule is Cc1ccc(C(=O)Oc2ccc(C(=O)COC(=O)[C@H]3CC(=O)N([C@@H](C)c4ccccc4)C3)cc2)cc1. The molecule has 1 aliphatic rings. The third-order valence-corrected chi connectivity index (χ3v) is 6.26. The van der Waals surface area contributed by atoms with Crippen molar-refractivity contribution in [2.45, 2.75) is 26.3 Å². The van der Waals surface area contributed by atoms with Crippen LogP contribution in [0, 0.1) is 12.8 Å². The number of ketones is 1. The van der Waals surface area contributed by atoms with Crippen LogP contribution in [0.4, 0.5) is 0 Å². The van der Waals surface area contributed by atoms with Crippen LogP contribution >= 0.6 is 0 Å². The van der Waals surface area contributed by atoms with Gasteiger partial charge in [-0.2, -0.15) is 0 Å². The molecule has 0 aromatic heterocycles. The van der Waals surface area contributed by atoms with E-state index < -0.39 is 30.2 Å². The monoisotopic (exact) mass is 485 g/mol. The Morgan fingerprint density at radius 2 is 1.56 bits per heavy atom. The number of amides is 1. The number of Topliss-reactive ketones (excluding diaryl/α,β-unsaturated/α-hetero) is 1. The first-order valence-corrected chi connectivity index (χ1v) is 11.7. The molecule has 0 bridgehead atoms. The Bertz CT molecular complexity index is 1250. The summed E-state index contributed by atoms with van der Waals surface area (Å²) in [6.45, 7) is 3.67. The summed E-state index contributed by atoms with van der Waals surface area (Å²) < 4.78 is 10.6. The molecular formula is C29H27NO6. The highest BCUT2D eigenvalue weighted by molar-refractivity contribution is 5.98. The van der Waals surface area contributed by atoms with Crippen molar-refractivity contribution in [2.75, 3.05) is 13.2 Å². The molecule has 184 valence electrons. The quantitative estimate of drug-likeness (QED) is 0.264. The zero-order valence-electron chi connectivity index (χ0n) is 20.2. The predicted molar refractivity (Wildman–Crippen MR) is 133 cm³/mol. The average molecular weight is 486 g/mol. The van der Waals surface area contributed by atoms with Gasteiger partial charge in [-0.25, -0.2) is 4.79 Å². The second kappa shape index (κ2) is 11.0. The topological polar surface area (TPSA) is 90.0 Å². The van der Waals surface area contributed by atoms with E-state index in [1.807, 2.05) is 56.3 Å². The molecule has 0 N–H and O–H groups in total. The number of hydrogen-bond donors (Lipinski definition) is 0. The fourth-order valence-corrected chi connectivity index (χ4v) is 4.08. The van der Waals surface area contributed by atoms with Crippen LogP contribution in [0.3, 0.4) is 0 Å². The molecular weight excluding hydrogens is 458 g/mol. The number of ether oxygens (including phenoxy) is 2. The van der Waals surface area contributed by atoms with E-state index >= 15 is 0 Å². The molecule has 1 amide bonds. The summed E-state index contributed by atoms with van der Waals surface area (Å²) in [6, 6.07) is 22.5. The van der Waals surface area contributed by atoms with Gasteiger partial charge >= 0.3 is 11.9 Å². The molecule has 3 aromatic carbocycles. The van der Waals surface area contributed by atoms with Crippen LogP contribution in [0.1, 0.15) is 51.2 Å². The molecule has 1 aliphatic heterocycles. The number of aryl methyl sites for hydroxylation is 1. The maximum absolute atomic E-state index is 12.6. The summed E-state index contributed by atoms with van der Waals surface area (Å²) in [5.74, 6) is -1.88. The minimum Gasteiger partial charge on any atom is -0.457 e. The van der Waals surface area contributed by atoms with E-state index in [-0.39, 0.29) is 24.9 Å². The fourth-order valence-electron chi connectivity index (χ4n) is 4.08. The van der Waals surface area contributed by atoms with E-state index in [1.54, 1.807) is 17.0 Å². The number of rotatable bonds is 8. The van der Waals surface area contributed by atoms with Gasteiger partial charge in [0.05, 0.1) is 17.5 Å². The van der Waals surface area contributed by atoms with Crippen LogP contribution in [-0.2, 0) is 14.3 Å². The number of benzene rings is 3. The summed E-state index contributed by atoms with van der Waals surface area (Å²) >= 11 is 0. The van der Waals surface area contributed by atoms with Crippen molar-refractivity contribution < 1.29 is 28.7 Å². The Labute approximate surface area is 209 Å². The number of esters is 2. The van der Waals surface area contributed by atoms with Gasteiger partial charge < -0.3 is 14.4 Å². The lowest BCUT2D eigenvalue weighted by molar-refractivity contribution is -0.147. The number of nitrogens with zero attached hydrogens (tertiary/aromatic N) is 1. The molecule has 2 atom stereocenters. The first kappa shape index (κ1) is 24.9. The van der Waals surface area contributed by atoms with Gasteiger partial charge in [0.1, 0.15) is 5.75 Å². The normalized spacial score (nSPS) is 15.9. The van der Waals surface area contributed by atoms with Crippen molar-refractivity contribution in [2.24, 2.45) is 5.92 Å². The van der Waals surface area contributed by atoms with Gasteiger partial charge in [-0.3, -0.25) is 14.4 Å². The van der Waals surface area contributed by atoms with Crippen LogP contribution in [0.2, 0.25) is 0 Å². The Hall–Kier alpha value is -4.26. The lowest BCUT2D eigenvalue weighted by atomic mass is 10.1. The van der Waals surface area contributed by atoms with Gasteiger partial charge in [0.25, 0.3) is 0 Å². The Kier molecular flexibility index (Phi) is 7.59.